The van der Waals surface area contributed by atoms with Crippen LogP contribution in [0.2, 0.25) is 5.02 Å². The van der Waals surface area contributed by atoms with Crippen molar-refractivity contribution in [3.05, 3.63) is 45.5 Å². The standard InChI is InChI=1S/C15H14ClN5OS/c16-11-4-2-1-3-8(11)13-9(5-17)14(20)21-15(10(13)6-18)23-7-12(19)22/h1-4,9,13-14,21H,7,20H2,(H2,19,22)/t9-,13+,14-/m1/s1. The van der Waals surface area contributed by atoms with Crippen LogP contribution in [-0.2, 0) is 4.79 Å². The molecule has 0 saturated heterocycles. The van der Waals surface area contributed by atoms with Crippen LogP contribution in [0.1, 0.15) is 11.5 Å². The Balaban J connectivity index is 2.55. The monoisotopic (exact) mass is 347 g/mol. The van der Waals surface area contributed by atoms with E-state index in [1.807, 2.05) is 0 Å². The Morgan fingerprint density at radius 1 is 1.39 bits per heavy atom. The van der Waals surface area contributed by atoms with Gasteiger partial charge in [-0.2, -0.15) is 10.5 Å². The fourth-order valence-corrected chi connectivity index (χ4v) is 3.55. The number of nitriles is 2. The second-order valence-corrected chi connectivity index (χ2v) is 6.33. The molecule has 1 aromatic rings. The quantitative estimate of drug-likeness (QED) is 0.755. The largest absolute Gasteiger partial charge is 0.369 e. The number of hydrogen-bond donors (Lipinski definition) is 3. The maximum atomic E-state index is 11.0. The maximum absolute atomic E-state index is 11.0. The number of amides is 1. The second-order valence-electron chi connectivity index (χ2n) is 4.93. The van der Waals surface area contributed by atoms with Crippen LogP contribution < -0.4 is 16.8 Å². The van der Waals surface area contributed by atoms with E-state index >= 15 is 0 Å². The first-order chi connectivity index (χ1) is 11.0. The van der Waals surface area contributed by atoms with E-state index in [0.717, 1.165) is 11.8 Å². The summed E-state index contributed by atoms with van der Waals surface area (Å²) in [5, 5.41) is 22.9. The van der Waals surface area contributed by atoms with Gasteiger partial charge in [-0.3, -0.25) is 4.79 Å². The van der Waals surface area contributed by atoms with Crippen molar-refractivity contribution in [3.63, 3.8) is 0 Å². The molecule has 118 valence electrons. The van der Waals surface area contributed by atoms with Crippen LogP contribution in [0, 0.1) is 28.6 Å². The highest BCUT2D eigenvalue weighted by Crippen LogP contribution is 2.42. The van der Waals surface area contributed by atoms with Gasteiger partial charge >= 0.3 is 0 Å². The summed E-state index contributed by atoms with van der Waals surface area (Å²) in [6.45, 7) is 0. The first kappa shape index (κ1) is 17.2. The van der Waals surface area contributed by atoms with Crippen LogP contribution in [0.4, 0.5) is 0 Å². The lowest BCUT2D eigenvalue weighted by Crippen LogP contribution is -2.49. The lowest BCUT2D eigenvalue weighted by Gasteiger charge is -2.35. The normalized spacial score (nSPS) is 23.6. The Morgan fingerprint density at radius 3 is 2.65 bits per heavy atom. The highest BCUT2D eigenvalue weighted by atomic mass is 35.5. The fraction of sp³-hybridized carbons (Fsp3) is 0.267. The fourth-order valence-electron chi connectivity index (χ4n) is 2.46. The predicted molar refractivity (Wildman–Crippen MR) is 88.7 cm³/mol. The number of benzene rings is 1. The Morgan fingerprint density at radius 2 is 2.09 bits per heavy atom. The van der Waals surface area contributed by atoms with Gasteiger partial charge in [-0.25, -0.2) is 0 Å². The number of halogens is 1. The lowest BCUT2D eigenvalue weighted by atomic mass is 9.78. The average Bonchev–Trinajstić information content (AvgIpc) is 2.52. The molecule has 6 nitrogen and oxygen atoms in total. The molecule has 0 aliphatic carbocycles. The first-order valence-electron chi connectivity index (χ1n) is 6.71. The summed E-state index contributed by atoms with van der Waals surface area (Å²) in [5.41, 5.74) is 12.2. The molecule has 8 heteroatoms. The van der Waals surface area contributed by atoms with E-state index in [2.05, 4.69) is 17.5 Å². The highest BCUT2D eigenvalue weighted by molar-refractivity contribution is 8.03. The van der Waals surface area contributed by atoms with Crippen LogP contribution in [0.25, 0.3) is 0 Å². The Kier molecular flexibility index (Phi) is 5.51. The molecule has 1 aliphatic rings. The molecule has 2 rings (SSSR count). The molecule has 1 aliphatic heterocycles. The summed E-state index contributed by atoms with van der Waals surface area (Å²) in [7, 11) is 0. The molecule has 0 fully saturated rings. The molecule has 0 aromatic heterocycles. The topological polar surface area (TPSA) is 129 Å². The van der Waals surface area contributed by atoms with Gasteiger partial charge in [0, 0.05) is 10.9 Å². The van der Waals surface area contributed by atoms with Crippen molar-refractivity contribution >= 4 is 29.3 Å². The van der Waals surface area contributed by atoms with E-state index in [0.29, 0.717) is 21.2 Å². The minimum atomic E-state index is -0.686. The third-order valence-corrected chi connectivity index (χ3v) is 4.87. The predicted octanol–water partition coefficient (Wildman–Crippen LogP) is 1.41. The Hall–Kier alpha value is -2.19. The van der Waals surface area contributed by atoms with E-state index in [1.165, 1.54) is 0 Å². The van der Waals surface area contributed by atoms with Crippen LogP contribution in [-0.4, -0.2) is 17.8 Å². The van der Waals surface area contributed by atoms with Crippen molar-refractivity contribution in [1.29, 1.82) is 10.5 Å². The van der Waals surface area contributed by atoms with Gasteiger partial charge in [0.25, 0.3) is 0 Å². The number of primary amides is 1. The highest BCUT2D eigenvalue weighted by Gasteiger charge is 2.39. The number of nitrogens with two attached hydrogens (primary N) is 2. The van der Waals surface area contributed by atoms with Crippen molar-refractivity contribution in [3.8, 4) is 12.1 Å². The van der Waals surface area contributed by atoms with E-state index < -0.39 is 23.9 Å². The van der Waals surface area contributed by atoms with Crippen LogP contribution in [0.15, 0.2) is 34.9 Å². The third kappa shape index (κ3) is 3.59. The second kappa shape index (κ2) is 7.38. The number of hydrogen-bond acceptors (Lipinski definition) is 6. The zero-order valence-electron chi connectivity index (χ0n) is 12.0. The van der Waals surface area contributed by atoms with Crippen molar-refractivity contribution in [1.82, 2.24) is 5.32 Å². The van der Waals surface area contributed by atoms with Crippen molar-refractivity contribution < 1.29 is 4.79 Å². The van der Waals surface area contributed by atoms with Gasteiger partial charge < -0.3 is 16.8 Å². The summed E-state index contributed by atoms with van der Waals surface area (Å²) in [6.07, 6.45) is -0.686. The zero-order chi connectivity index (χ0) is 17.0. The smallest absolute Gasteiger partial charge is 0.227 e. The molecule has 3 atom stereocenters. The van der Waals surface area contributed by atoms with Gasteiger partial charge in [0.05, 0.1) is 40.6 Å². The number of carbonyl (C=O) groups is 1. The molecule has 23 heavy (non-hydrogen) atoms. The summed E-state index contributed by atoms with van der Waals surface area (Å²) in [6, 6.07) is 11.3. The molecule has 1 aromatic carbocycles. The van der Waals surface area contributed by atoms with E-state index in [1.54, 1.807) is 24.3 Å². The number of rotatable bonds is 4. The average molecular weight is 348 g/mol. The summed E-state index contributed by atoms with van der Waals surface area (Å²) < 4.78 is 0. The van der Waals surface area contributed by atoms with Gasteiger partial charge in [0.2, 0.25) is 5.91 Å². The zero-order valence-corrected chi connectivity index (χ0v) is 13.6. The molecule has 0 radical (unpaired) electrons. The maximum Gasteiger partial charge on any atom is 0.227 e. The molecule has 1 amide bonds. The number of allylic oxidation sites excluding steroid dienone is 1. The minimum Gasteiger partial charge on any atom is -0.369 e. The van der Waals surface area contributed by atoms with Gasteiger partial charge in [-0.1, -0.05) is 41.6 Å². The third-order valence-electron chi connectivity index (χ3n) is 3.47. The number of carbonyl (C=O) groups excluding carboxylic acids is 1. The van der Waals surface area contributed by atoms with E-state index in [4.69, 9.17) is 23.1 Å². The van der Waals surface area contributed by atoms with Crippen LogP contribution >= 0.6 is 23.4 Å². The summed E-state index contributed by atoms with van der Waals surface area (Å²) in [5.74, 6) is -1.73. The van der Waals surface area contributed by atoms with Crippen LogP contribution in [0.3, 0.4) is 0 Å². The van der Waals surface area contributed by atoms with Crippen LogP contribution in [0.5, 0.6) is 0 Å². The number of thioether (sulfide) groups is 1. The molecule has 5 N–H and O–H groups in total. The van der Waals surface area contributed by atoms with Crippen molar-refractivity contribution in [2.75, 3.05) is 5.75 Å². The molecular weight excluding hydrogens is 334 g/mol. The molecule has 0 spiro atoms. The molecular formula is C15H14ClN5OS. The van der Waals surface area contributed by atoms with Gasteiger partial charge in [0.15, 0.2) is 0 Å². The SMILES string of the molecule is N#CC1=C(SCC(N)=O)N[C@@H](N)[C@H](C#N)[C@@H]1c1ccccc1Cl. The van der Waals surface area contributed by atoms with Crippen molar-refractivity contribution in [2.24, 2.45) is 17.4 Å². The molecule has 0 bridgehead atoms. The summed E-state index contributed by atoms with van der Waals surface area (Å²) >= 11 is 7.34. The van der Waals surface area contributed by atoms with Gasteiger partial charge in [-0.05, 0) is 11.6 Å². The van der Waals surface area contributed by atoms with Crippen molar-refractivity contribution in [2.45, 2.75) is 12.1 Å². The molecule has 0 unspecified atom stereocenters. The lowest BCUT2D eigenvalue weighted by molar-refractivity contribution is -0.115. The molecule has 1 heterocycles. The Bertz CT molecular complexity index is 736. The number of nitrogens with one attached hydrogen (secondary N) is 1. The van der Waals surface area contributed by atoms with Gasteiger partial charge in [0.1, 0.15) is 0 Å². The van der Waals surface area contributed by atoms with E-state index in [-0.39, 0.29) is 5.75 Å². The molecule has 0 saturated carbocycles. The van der Waals surface area contributed by atoms with Gasteiger partial charge in [-0.15, -0.1) is 0 Å². The first-order valence-corrected chi connectivity index (χ1v) is 8.07. The minimum absolute atomic E-state index is 0.00664. The Labute approximate surface area is 143 Å². The summed E-state index contributed by atoms with van der Waals surface area (Å²) in [4.78, 5) is 11.0. The van der Waals surface area contributed by atoms with E-state index in [9.17, 15) is 15.3 Å². The number of nitrogens with zero attached hydrogens (tertiary/aromatic N) is 2.